The molecule has 2 aromatic carbocycles. The van der Waals surface area contributed by atoms with E-state index in [2.05, 4.69) is 15.4 Å². The molecule has 10 heteroatoms. The third-order valence-corrected chi connectivity index (χ3v) is 5.48. The molecule has 0 N–H and O–H groups in total. The Kier molecular flexibility index (Phi) is 5.57. The van der Waals surface area contributed by atoms with Gasteiger partial charge in [0.05, 0.1) is 27.7 Å². The number of halogens is 4. The number of nitrogens with zero attached hydrogens (tertiary/aromatic N) is 4. The number of alkyl halides is 3. The average molecular weight is 451 g/mol. The van der Waals surface area contributed by atoms with Crippen molar-refractivity contribution in [3.8, 4) is 17.1 Å². The van der Waals surface area contributed by atoms with Gasteiger partial charge in [0.25, 0.3) is 0 Å². The number of hydrogen-bond donors (Lipinski definition) is 0. The van der Waals surface area contributed by atoms with Crippen LogP contribution < -0.4 is 0 Å². The summed E-state index contributed by atoms with van der Waals surface area (Å²) in [5.74, 6) is 1.35. The minimum atomic E-state index is -4.47. The Morgan fingerprint density at radius 3 is 2.57 bits per heavy atom. The van der Waals surface area contributed by atoms with Crippen molar-refractivity contribution in [2.24, 2.45) is 0 Å². The van der Waals surface area contributed by atoms with E-state index < -0.39 is 11.7 Å². The van der Waals surface area contributed by atoms with Crippen molar-refractivity contribution in [1.29, 1.82) is 0 Å². The van der Waals surface area contributed by atoms with Gasteiger partial charge in [-0.15, -0.1) is 10.2 Å². The summed E-state index contributed by atoms with van der Waals surface area (Å²) in [5, 5.41) is 13.1. The number of benzene rings is 2. The number of hydrogen-bond acceptors (Lipinski definition) is 5. The number of aromatic nitrogens is 4. The standard InChI is InChI=1S/C20H14ClF3N4OS/c1-12-9-15(29-27-12)11-30-19-26-25-18(16-7-2-3-8-17(16)21)28(19)14-6-4-5-13(10-14)20(22,23)24/h2-10H,11H2,1H3. The maximum atomic E-state index is 13.3. The lowest BCUT2D eigenvalue weighted by Gasteiger charge is -2.13. The van der Waals surface area contributed by atoms with Gasteiger partial charge in [-0.2, -0.15) is 13.2 Å². The van der Waals surface area contributed by atoms with Crippen LogP contribution in [-0.4, -0.2) is 19.9 Å². The van der Waals surface area contributed by atoms with Crippen molar-refractivity contribution >= 4 is 23.4 Å². The van der Waals surface area contributed by atoms with Crippen LogP contribution in [0.25, 0.3) is 17.1 Å². The highest BCUT2D eigenvalue weighted by Crippen LogP contribution is 2.35. The summed E-state index contributed by atoms with van der Waals surface area (Å²) in [6.07, 6.45) is -4.47. The lowest BCUT2D eigenvalue weighted by atomic mass is 10.1. The largest absolute Gasteiger partial charge is 0.416 e. The molecular weight excluding hydrogens is 437 g/mol. The van der Waals surface area contributed by atoms with Crippen molar-refractivity contribution < 1.29 is 17.7 Å². The van der Waals surface area contributed by atoms with Gasteiger partial charge in [0.15, 0.2) is 11.0 Å². The molecule has 0 bridgehead atoms. The van der Waals surface area contributed by atoms with Crippen LogP contribution in [0.5, 0.6) is 0 Å². The Bertz CT molecular complexity index is 1190. The molecule has 154 valence electrons. The Labute approximate surface area is 178 Å². The second-order valence-corrected chi connectivity index (χ2v) is 7.74. The lowest BCUT2D eigenvalue weighted by Crippen LogP contribution is -2.07. The zero-order chi connectivity index (χ0) is 21.3. The molecule has 0 aliphatic carbocycles. The van der Waals surface area contributed by atoms with Crippen LogP contribution in [0.4, 0.5) is 13.2 Å². The van der Waals surface area contributed by atoms with Crippen LogP contribution >= 0.6 is 23.4 Å². The van der Waals surface area contributed by atoms with E-state index in [1.54, 1.807) is 47.9 Å². The Balaban J connectivity index is 1.81. The maximum absolute atomic E-state index is 13.3. The van der Waals surface area contributed by atoms with Gasteiger partial charge in [0, 0.05) is 11.6 Å². The summed E-state index contributed by atoms with van der Waals surface area (Å²) in [4.78, 5) is 0. The van der Waals surface area contributed by atoms with E-state index in [1.807, 2.05) is 0 Å². The fourth-order valence-electron chi connectivity index (χ4n) is 2.85. The van der Waals surface area contributed by atoms with Crippen molar-refractivity contribution in [1.82, 2.24) is 19.9 Å². The predicted octanol–water partition coefficient (Wildman–Crippen LogP) is 6.20. The minimum absolute atomic E-state index is 0.279. The smallest absolute Gasteiger partial charge is 0.360 e. The second kappa shape index (κ2) is 8.16. The van der Waals surface area contributed by atoms with Crippen LogP contribution in [0.2, 0.25) is 5.02 Å². The summed E-state index contributed by atoms with van der Waals surface area (Å²) < 4.78 is 46.6. The summed E-state index contributed by atoms with van der Waals surface area (Å²) in [6, 6.07) is 13.8. The highest BCUT2D eigenvalue weighted by atomic mass is 35.5. The Hall–Kier alpha value is -2.78. The summed E-state index contributed by atoms with van der Waals surface area (Å²) in [6.45, 7) is 1.80. The molecule has 0 unspecified atom stereocenters. The monoisotopic (exact) mass is 450 g/mol. The van der Waals surface area contributed by atoms with Crippen LogP contribution in [-0.2, 0) is 11.9 Å². The molecular formula is C20H14ClF3N4OS. The molecule has 0 aliphatic heterocycles. The summed E-state index contributed by atoms with van der Waals surface area (Å²) >= 11 is 7.59. The predicted molar refractivity (Wildman–Crippen MR) is 108 cm³/mol. The van der Waals surface area contributed by atoms with E-state index in [9.17, 15) is 13.2 Å². The number of aryl methyl sites for hydroxylation is 1. The van der Waals surface area contributed by atoms with E-state index in [0.717, 1.165) is 17.8 Å². The Morgan fingerprint density at radius 2 is 1.87 bits per heavy atom. The van der Waals surface area contributed by atoms with Gasteiger partial charge in [0.2, 0.25) is 0 Å². The van der Waals surface area contributed by atoms with Gasteiger partial charge in [-0.05, 0) is 37.3 Å². The van der Waals surface area contributed by atoms with Gasteiger partial charge in [-0.3, -0.25) is 4.57 Å². The molecule has 0 amide bonds. The number of rotatable bonds is 5. The van der Waals surface area contributed by atoms with Crippen LogP contribution in [0.1, 0.15) is 17.0 Å². The SMILES string of the molecule is Cc1cc(CSc2nnc(-c3ccccc3Cl)n2-c2cccc(C(F)(F)F)c2)on1. The third kappa shape index (κ3) is 4.22. The molecule has 30 heavy (non-hydrogen) atoms. The van der Waals surface area contributed by atoms with E-state index >= 15 is 0 Å². The maximum Gasteiger partial charge on any atom is 0.416 e. The Morgan fingerprint density at radius 1 is 1.07 bits per heavy atom. The molecule has 0 aliphatic rings. The van der Waals surface area contributed by atoms with Crippen LogP contribution in [0.15, 0.2) is 64.3 Å². The van der Waals surface area contributed by atoms with Crippen molar-refractivity contribution in [3.05, 3.63) is 76.6 Å². The zero-order valence-corrected chi connectivity index (χ0v) is 17.1. The van der Waals surface area contributed by atoms with E-state index in [1.165, 1.54) is 17.8 Å². The molecule has 0 saturated carbocycles. The fraction of sp³-hybridized carbons (Fsp3) is 0.150. The first-order chi connectivity index (χ1) is 14.3. The van der Waals surface area contributed by atoms with Gasteiger partial charge < -0.3 is 4.52 Å². The molecule has 0 atom stereocenters. The van der Waals surface area contributed by atoms with Gasteiger partial charge >= 0.3 is 6.18 Å². The van der Waals surface area contributed by atoms with Gasteiger partial charge in [-0.1, -0.05) is 46.7 Å². The first-order valence-corrected chi connectivity index (χ1v) is 10.1. The molecule has 0 radical (unpaired) electrons. The number of thioether (sulfide) groups is 1. The minimum Gasteiger partial charge on any atom is -0.360 e. The van der Waals surface area contributed by atoms with Crippen LogP contribution in [0.3, 0.4) is 0 Å². The molecule has 2 aromatic heterocycles. The van der Waals surface area contributed by atoms with Gasteiger partial charge in [-0.25, -0.2) is 0 Å². The summed E-state index contributed by atoms with van der Waals surface area (Å²) in [5.41, 5.74) is 0.815. The molecule has 4 aromatic rings. The molecule has 0 saturated heterocycles. The van der Waals surface area contributed by atoms with Crippen molar-refractivity contribution in [2.45, 2.75) is 24.0 Å². The zero-order valence-electron chi connectivity index (χ0n) is 15.5. The fourth-order valence-corrected chi connectivity index (χ4v) is 3.90. The van der Waals surface area contributed by atoms with E-state index in [-0.39, 0.29) is 5.69 Å². The first-order valence-electron chi connectivity index (χ1n) is 8.76. The highest BCUT2D eigenvalue weighted by molar-refractivity contribution is 7.98. The van der Waals surface area contributed by atoms with Gasteiger partial charge in [0.1, 0.15) is 5.76 Å². The second-order valence-electron chi connectivity index (χ2n) is 6.39. The first kappa shape index (κ1) is 20.5. The molecule has 0 spiro atoms. The highest BCUT2D eigenvalue weighted by Gasteiger charge is 2.31. The molecule has 5 nitrogen and oxygen atoms in total. The van der Waals surface area contributed by atoms with E-state index in [0.29, 0.717) is 33.1 Å². The quantitative estimate of drug-likeness (QED) is 0.339. The summed E-state index contributed by atoms with van der Waals surface area (Å²) in [7, 11) is 0. The topological polar surface area (TPSA) is 56.7 Å². The average Bonchev–Trinajstić information content (AvgIpc) is 3.32. The molecule has 2 heterocycles. The normalized spacial score (nSPS) is 11.8. The molecule has 0 fully saturated rings. The van der Waals surface area contributed by atoms with Crippen molar-refractivity contribution in [2.75, 3.05) is 0 Å². The molecule has 4 rings (SSSR count). The van der Waals surface area contributed by atoms with Crippen molar-refractivity contribution in [3.63, 3.8) is 0 Å². The van der Waals surface area contributed by atoms with E-state index in [4.69, 9.17) is 16.1 Å². The van der Waals surface area contributed by atoms with Crippen LogP contribution in [0, 0.1) is 6.92 Å². The lowest BCUT2D eigenvalue weighted by molar-refractivity contribution is -0.137. The third-order valence-electron chi connectivity index (χ3n) is 4.20.